The van der Waals surface area contributed by atoms with Gasteiger partial charge in [0.25, 0.3) is 0 Å². The van der Waals surface area contributed by atoms with Gasteiger partial charge >= 0.3 is 5.97 Å². The number of benzene rings is 1. The van der Waals surface area contributed by atoms with Crippen molar-refractivity contribution in [2.45, 2.75) is 38.8 Å². The van der Waals surface area contributed by atoms with Gasteiger partial charge < -0.3 is 21.1 Å². The molecule has 1 aromatic rings. The minimum Gasteiger partial charge on any atom is -0.463 e. The summed E-state index contributed by atoms with van der Waals surface area (Å²) in [7, 11) is 0. The van der Waals surface area contributed by atoms with Gasteiger partial charge in [-0.05, 0) is 31.0 Å². The third kappa shape index (κ3) is 8.43. The van der Waals surface area contributed by atoms with E-state index in [1.54, 1.807) is 13.0 Å². The van der Waals surface area contributed by atoms with E-state index in [2.05, 4.69) is 10.6 Å². The summed E-state index contributed by atoms with van der Waals surface area (Å²) in [6.07, 6.45) is 2.47. The molecular formula is C19H24FN3O5. The zero-order valence-corrected chi connectivity index (χ0v) is 15.7. The quantitative estimate of drug-likeness (QED) is 0.390. The van der Waals surface area contributed by atoms with E-state index in [0.717, 1.165) is 6.08 Å². The van der Waals surface area contributed by atoms with Gasteiger partial charge in [0.1, 0.15) is 17.9 Å². The predicted molar refractivity (Wildman–Crippen MR) is 99.2 cm³/mol. The Morgan fingerprint density at radius 1 is 1.21 bits per heavy atom. The molecule has 4 N–H and O–H groups in total. The number of carbonyl (C=O) groups excluding carboxylic acids is 4. The number of nitrogens with one attached hydrogen (secondary N) is 2. The highest BCUT2D eigenvalue weighted by Crippen LogP contribution is 2.07. The van der Waals surface area contributed by atoms with E-state index in [1.807, 2.05) is 0 Å². The van der Waals surface area contributed by atoms with Gasteiger partial charge in [0.15, 0.2) is 0 Å². The molecule has 0 heterocycles. The first-order valence-corrected chi connectivity index (χ1v) is 8.67. The van der Waals surface area contributed by atoms with Crippen molar-refractivity contribution in [2.75, 3.05) is 6.61 Å². The molecule has 3 amide bonds. The smallest absolute Gasteiger partial charge is 0.330 e. The maximum absolute atomic E-state index is 13.4. The maximum Gasteiger partial charge on any atom is 0.330 e. The van der Waals surface area contributed by atoms with Crippen LogP contribution in [-0.4, -0.2) is 42.4 Å². The average molecular weight is 393 g/mol. The molecule has 0 aromatic heterocycles. The molecule has 0 aliphatic carbocycles. The Hall–Kier alpha value is -3.23. The van der Waals surface area contributed by atoms with Crippen molar-refractivity contribution < 1.29 is 28.3 Å². The Labute approximate surface area is 162 Å². The van der Waals surface area contributed by atoms with Crippen LogP contribution in [0.2, 0.25) is 0 Å². The zero-order chi connectivity index (χ0) is 21.1. The molecule has 9 heteroatoms. The van der Waals surface area contributed by atoms with E-state index in [4.69, 9.17) is 10.5 Å². The minimum atomic E-state index is -1.10. The summed E-state index contributed by atoms with van der Waals surface area (Å²) in [5.74, 6) is -2.99. The average Bonchev–Trinajstić information content (AvgIpc) is 2.60. The number of halogens is 1. The summed E-state index contributed by atoms with van der Waals surface area (Å²) in [6, 6.07) is 3.47. The highest BCUT2D eigenvalue weighted by atomic mass is 19.1. The third-order valence-electron chi connectivity index (χ3n) is 3.60. The van der Waals surface area contributed by atoms with Crippen LogP contribution in [0.1, 0.15) is 25.8 Å². The fourth-order valence-electron chi connectivity index (χ4n) is 2.36. The topological polar surface area (TPSA) is 128 Å². The first-order valence-electron chi connectivity index (χ1n) is 8.67. The molecule has 0 radical (unpaired) electrons. The fourth-order valence-corrected chi connectivity index (χ4v) is 2.36. The summed E-state index contributed by atoms with van der Waals surface area (Å²) in [4.78, 5) is 46.9. The lowest BCUT2D eigenvalue weighted by Crippen LogP contribution is -2.53. The standard InChI is InChI=1S/C19H24FN3O5/c1-3-28-17(25)9-5-8-15(18(21)26)23-19(27)16(22-12(2)24)11-13-6-4-7-14(20)10-13/h4-7,9-10,15-16H,3,8,11H2,1-2H3,(H2,21,26)(H,22,24)(H,23,27)/b9-5+/t15-,16-/m1/s1. The van der Waals surface area contributed by atoms with Crippen molar-refractivity contribution in [3.63, 3.8) is 0 Å². The van der Waals surface area contributed by atoms with Crippen LogP contribution in [-0.2, 0) is 30.3 Å². The first kappa shape index (κ1) is 22.8. The lowest BCUT2D eigenvalue weighted by molar-refractivity contribution is -0.137. The number of hydrogen-bond donors (Lipinski definition) is 3. The Morgan fingerprint density at radius 3 is 2.50 bits per heavy atom. The van der Waals surface area contributed by atoms with E-state index in [9.17, 15) is 23.6 Å². The van der Waals surface area contributed by atoms with E-state index in [0.29, 0.717) is 5.56 Å². The molecule has 0 saturated heterocycles. The van der Waals surface area contributed by atoms with Gasteiger partial charge in [-0.25, -0.2) is 9.18 Å². The summed E-state index contributed by atoms with van der Waals surface area (Å²) in [6.45, 7) is 3.09. The van der Waals surface area contributed by atoms with Gasteiger partial charge in [-0.15, -0.1) is 0 Å². The van der Waals surface area contributed by atoms with Crippen LogP contribution < -0.4 is 16.4 Å². The summed E-state index contributed by atoms with van der Waals surface area (Å²) in [5, 5.41) is 4.90. The number of hydrogen-bond acceptors (Lipinski definition) is 5. The second-order valence-corrected chi connectivity index (χ2v) is 5.94. The van der Waals surface area contributed by atoms with E-state index in [-0.39, 0.29) is 19.4 Å². The Morgan fingerprint density at radius 2 is 1.93 bits per heavy atom. The highest BCUT2D eigenvalue weighted by molar-refractivity contribution is 5.91. The van der Waals surface area contributed by atoms with Crippen LogP contribution in [0.5, 0.6) is 0 Å². The Bertz CT molecular complexity index is 751. The molecule has 0 spiro atoms. The first-order chi connectivity index (χ1) is 13.2. The zero-order valence-electron chi connectivity index (χ0n) is 15.7. The van der Waals surface area contributed by atoms with Gasteiger partial charge in [0.05, 0.1) is 6.61 Å². The van der Waals surface area contributed by atoms with Crippen LogP contribution in [0.25, 0.3) is 0 Å². The molecule has 28 heavy (non-hydrogen) atoms. The van der Waals surface area contributed by atoms with Crippen molar-refractivity contribution in [3.8, 4) is 0 Å². The third-order valence-corrected chi connectivity index (χ3v) is 3.60. The summed E-state index contributed by atoms with van der Waals surface area (Å²) in [5.41, 5.74) is 5.79. The summed E-state index contributed by atoms with van der Waals surface area (Å²) >= 11 is 0. The second-order valence-electron chi connectivity index (χ2n) is 5.94. The molecule has 2 atom stereocenters. The molecule has 0 unspecified atom stereocenters. The number of primary amides is 1. The monoisotopic (exact) mass is 393 g/mol. The molecule has 8 nitrogen and oxygen atoms in total. The van der Waals surface area contributed by atoms with Crippen LogP contribution in [0.3, 0.4) is 0 Å². The lowest BCUT2D eigenvalue weighted by Gasteiger charge is -2.21. The molecule has 0 bridgehead atoms. The lowest BCUT2D eigenvalue weighted by atomic mass is 10.0. The minimum absolute atomic E-state index is 0.0212. The SMILES string of the molecule is CCOC(=O)/C=C/C[C@@H](NC(=O)[C@@H](Cc1cccc(F)c1)NC(C)=O)C(N)=O. The number of esters is 1. The molecule has 0 saturated carbocycles. The van der Waals surface area contributed by atoms with E-state index >= 15 is 0 Å². The highest BCUT2D eigenvalue weighted by Gasteiger charge is 2.24. The molecular weight excluding hydrogens is 369 g/mol. The molecule has 0 aliphatic heterocycles. The molecule has 1 rings (SSSR count). The van der Waals surface area contributed by atoms with Crippen LogP contribution in [0.4, 0.5) is 4.39 Å². The van der Waals surface area contributed by atoms with E-state index in [1.165, 1.54) is 31.2 Å². The van der Waals surface area contributed by atoms with Crippen LogP contribution >= 0.6 is 0 Å². The van der Waals surface area contributed by atoms with Crippen molar-refractivity contribution in [1.29, 1.82) is 0 Å². The van der Waals surface area contributed by atoms with Gasteiger partial charge in [0.2, 0.25) is 17.7 Å². The Balaban J connectivity index is 2.83. The molecule has 0 fully saturated rings. The van der Waals surface area contributed by atoms with Gasteiger partial charge in [-0.2, -0.15) is 0 Å². The number of ether oxygens (including phenoxy) is 1. The van der Waals surface area contributed by atoms with Gasteiger partial charge in [-0.1, -0.05) is 18.2 Å². The van der Waals surface area contributed by atoms with Gasteiger partial charge in [-0.3, -0.25) is 14.4 Å². The van der Waals surface area contributed by atoms with E-state index < -0.39 is 41.6 Å². The van der Waals surface area contributed by atoms with Crippen molar-refractivity contribution in [1.82, 2.24) is 10.6 Å². The van der Waals surface area contributed by atoms with Crippen LogP contribution in [0.15, 0.2) is 36.4 Å². The Kier molecular flexibility index (Phi) is 9.35. The fraction of sp³-hybridized carbons (Fsp3) is 0.368. The number of nitrogens with two attached hydrogens (primary N) is 1. The second kappa shape index (κ2) is 11.5. The number of carbonyl (C=O) groups is 4. The van der Waals surface area contributed by atoms with Crippen molar-refractivity contribution >= 4 is 23.7 Å². The molecule has 1 aromatic carbocycles. The molecule has 0 aliphatic rings. The maximum atomic E-state index is 13.4. The normalized spacial score (nSPS) is 12.8. The predicted octanol–water partition coefficient (Wildman–Crippen LogP) is 0.352. The van der Waals surface area contributed by atoms with Crippen molar-refractivity contribution in [3.05, 3.63) is 47.8 Å². The largest absolute Gasteiger partial charge is 0.463 e. The molecule has 152 valence electrons. The number of rotatable bonds is 10. The van der Waals surface area contributed by atoms with Crippen molar-refractivity contribution in [2.24, 2.45) is 5.73 Å². The van der Waals surface area contributed by atoms with Gasteiger partial charge in [0, 0.05) is 19.4 Å². The summed E-state index contributed by atoms with van der Waals surface area (Å²) < 4.78 is 18.1. The van der Waals surface area contributed by atoms with Crippen LogP contribution in [0, 0.1) is 5.82 Å². The number of amides is 3.